The molecule has 2 unspecified atom stereocenters. The third-order valence-electron chi connectivity index (χ3n) is 11.7. The molecule has 0 spiro atoms. The summed E-state index contributed by atoms with van der Waals surface area (Å²) >= 11 is 4.15. The van der Waals surface area contributed by atoms with E-state index in [2.05, 4.69) is 49.8 Å². The summed E-state index contributed by atoms with van der Waals surface area (Å²) in [7, 11) is -8.36. The Morgan fingerprint density at radius 1 is 0.571 bits per heavy atom. The maximum Gasteiger partial charge on any atom is 0.326 e. The number of hydrogen-bond acceptors (Lipinski definition) is 20. The van der Waals surface area contributed by atoms with Crippen molar-refractivity contribution in [3.05, 3.63) is 29.8 Å². The van der Waals surface area contributed by atoms with Gasteiger partial charge in [0.25, 0.3) is 16.0 Å². The Morgan fingerprint density at radius 2 is 1.07 bits per heavy atom. The number of hydrogen-bond donors (Lipinski definition) is 13. The number of carboxylic acid groups (broad SMARTS) is 2. The molecule has 3 atom stereocenters. The zero-order valence-corrected chi connectivity index (χ0v) is 50.5. The predicted octanol–water partition coefficient (Wildman–Crippen LogP) is -1.16. The first kappa shape index (κ1) is 75.8. The summed E-state index contributed by atoms with van der Waals surface area (Å²) in [6.07, 6.45) is -0.641. The molecule has 478 valence electrons. The molecule has 1 aromatic carbocycles. The highest BCUT2D eigenvalue weighted by Gasteiger charge is 2.35. The molecule has 1 aromatic rings. The largest absolute Gasteiger partial charge is 0.480 e. The second kappa shape index (κ2) is 40.2. The first-order chi connectivity index (χ1) is 39.3. The van der Waals surface area contributed by atoms with Gasteiger partial charge < -0.3 is 72.1 Å². The number of carbonyl (C=O) groups is 10. The van der Waals surface area contributed by atoms with Crippen molar-refractivity contribution in [2.45, 2.75) is 116 Å². The van der Waals surface area contributed by atoms with Crippen LogP contribution in [0.15, 0.2) is 24.3 Å². The standard InChI is InChI=1S/C51H85N9O21S3/c1-50(2,33-51(3,4)34-84(75,76)77)30-43(64)60-83(73,74)29-7-9-40(61)54-19-22-78-25-27-81-32-45(66)59-39(49(71)72)15-17-42(63)58-38(48(69)70)14-16-41(62)55-20-23-79-24-26-80-31-44(65)57-37(46(52)67)8-5-6-18-56-47(68)35-10-12-36(13-11-35)53-21-28-82/h10-13,37-39,53,82H,5-9,14-34H2,1-4H3,(H2,52,67)(H,54,61)(H,55,62)(H,56,68)(H,57,65)(H,58,63)(H,59,66)(H,60,64)(H,69,70)(H,71,72)(H,75,76,77)/t37-,38?,39?/m0/s1. The van der Waals surface area contributed by atoms with Crippen LogP contribution in [0.25, 0.3) is 0 Å². The molecule has 0 saturated heterocycles. The lowest BCUT2D eigenvalue weighted by Crippen LogP contribution is -2.45. The van der Waals surface area contributed by atoms with Crippen LogP contribution in [-0.4, -0.2) is 205 Å². The summed E-state index contributed by atoms with van der Waals surface area (Å²) in [6, 6.07) is 3.00. The predicted molar refractivity (Wildman–Crippen MR) is 307 cm³/mol. The van der Waals surface area contributed by atoms with Gasteiger partial charge in [-0.2, -0.15) is 21.0 Å². The van der Waals surface area contributed by atoms with Crippen LogP contribution in [0.1, 0.15) is 109 Å². The minimum atomic E-state index is -4.27. The van der Waals surface area contributed by atoms with Crippen LogP contribution in [0.5, 0.6) is 0 Å². The van der Waals surface area contributed by atoms with Gasteiger partial charge in [-0.15, -0.1) is 0 Å². The van der Waals surface area contributed by atoms with Crippen LogP contribution >= 0.6 is 12.6 Å². The number of rotatable bonds is 48. The van der Waals surface area contributed by atoms with Gasteiger partial charge in [-0.3, -0.25) is 47.6 Å². The molecule has 0 aliphatic rings. The van der Waals surface area contributed by atoms with E-state index in [-0.39, 0.29) is 110 Å². The van der Waals surface area contributed by atoms with Crippen LogP contribution < -0.4 is 47.7 Å². The van der Waals surface area contributed by atoms with Crippen molar-refractivity contribution in [1.82, 2.24) is 36.6 Å². The molecule has 0 aliphatic carbocycles. The molecular weight excluding hydrogens is 1170 g/mol. The second-order valence-corrected chi connectivity index (χ2v) is 24.6. The number of nitrogens with one attached hydrogen (secondary N) is 8. The van der Waals surface area contributed by atoms with E-state index in [9.17, 15) is 79.5 Å². The van der Waals surface area contributed by atoms with Crippen molar-refractivity contribution in [2.24, 2.45) is 16.6 Å². The number of carboxylic acids is 2. The topological polar surface area (TPSA) is 459 Å². The quantitative estimate of drug-likeness (QED) is 0.0208. The summed E-state index contributed by atoms with van der Waals surface area (Å²) in [6.45, 7) is 6.58. The van der Waals surface area contributed by atoms with Crippen LogP contribution in [0.4, 0.5) is 5.69 Å². The smallest absolute Gasteiger partial charge is 0.326 e. The fourth-order valence-corrected chi connectivity index (χ4v) is 10.5. The second-order valence-electron chi connectivity index (χ2n) is 20.9. The molecule has 8 amide bonds. The molecule has 0 aliphatic heterocycles. The number of carbonyl (C=O) groups excluding carboxylic acids is 8. The molecule has 13 N–H and O–H groups in total. The fourth-order valence-electron chi connectivity index (χ4n) is 8.30. The zero-order chi connectivity index (χ0) is 63.4. The third kappa shape index (κ3) is 38.6. The summed E-state index contributed by atoms with van der Waals surface area (Å²) in [5, 5.41) is 37.1. The Morgan fingerprint density at radius 3 is 1.58 bits per heavy atom. The molecule has 30 nitrogen and oxygen atoms in total. The molecule has 0 bridgehead atoms. The van der Waals surface area contributed by atoms with E-state index in [1.165, 1.54) is 0 Å². The lowest BCUT2D eigenvalue weighted by Gasteiger charge is -2.33. The van der Waals surface area contributed by atoms with Crippen LogP contribution in [-0.2, 0) is 82.2 Å². The summed E-state index contributed by atoms with van der Waals surface area (Å²) in [5.41, 5.74) is 5.11. The Kier molecular flexibility index (Phi) is 36.2. The van der Waals surface area contributed by atoms with Crippen LogP contribution in [0.2, 0.25) is 0 Å². The van der Waals surface area contributed by atoms with Gasteiger partial charge in [-0.05, 0) is 80.0 Å². The van der Waals surface area contributed by atoms with Gasteiger partial charge in [0.1, 0.15) is 31.3 Å². The highest BCUT2D eigenvalue weighted by atomic mass is 32.2. The molecule has 84 heavy (non-hydrogen) atoms. The number of nitrogens with two attached hydrogens (primary N) is 1. The van der Waals surface area contributed by atoms with Gasteiger partial charge in [-0.1, -0.05) is 27.7 Å². The van der Waals surface area contributed by atoms with E-state index in [4.69, 9.17) is 24.7 Å². The number of thiol groups is 1. The number of sulfonamides is 1. The molecule has 0 heterocycles. The molecule has 0 saturated carbocycles. The van der Waals surface area contributed by atoms with E-state index in [1.54, 1.807) is 52.0 Å². The first-order valence-electron chi connectivity index (χ1n) is 27.0. The van der Waals surface area contributed by atoms with Gasteiger partial charge in [0.2, 0.25) is 51.4 Å². The van der Waals surface area contributed by atoms with Crippen LogP contribution in [0, 0.1) is 10.8 Å². The van der Waals surface area contributed by atoms with Gasteiger partial charge >= 0.3 is 11.9 Å². The summed E-state index contributed by atoms with van der Waals surface area (Å²) in [4.78, 5) is 122. The highest BCUT2D eigenvalue weighted by molar-refractivity contribution is 7.90. The Labute approximate surface area is 495 Å². The number of anilines is 1. The number of amides is 8. The van der Waals surface area contributed by atoms with E-state index < -0.39 is 133 Å². The number of ether oxygens (including phenoxy) is 4. The van der Waals surface area contributed by atoms with E-state index in [0.29, 0.717) is 37.2 Å². The maximum atomic E-state index is 12.6. The van der Waals surface area contributed by atoms with Gasteiger partial charge in [0.15, 0.2) is 0 Å². The number of benzene rings is 1. The van der Waals surface area contributed by atoms with Gasteiger partial charge in [0.05, 0.1) is 51.1 Å². The number of unbranched alkanes of at least 4 members (excludes halogenated alkanes) is 1. The first-order valence-corrected chi connectivity index (χ1v) is 30.9. The van der Waals surface area contributed by atoms with Crippen molar-refractivity contribution >= 4 is 97.7 Å². The molecule has 0 fully saturated rings. The number of primary amides is 1. The van der Waals surface area contributed by atoms with Gasteiger partial charge in [0, 0.05) is 68.9 Å². The minimum absolute atomic E-state index is 0.00858. The van der Waals surface area contributed by atoms with Crippen molar-refractivity contribution in [3.8, 4) is 0 Å². The average Bonchev–Trinajstić information content (AvgIpc) is 3.43. The molecule has 0 aromatic heterocycles. The number of aliphatic carboxylic acids is 2. The lowest BCUT2D eigenvalue weighted by atomic mass is 9.74. The highest BCUT2D eigenvalue weighted by Crippen LogP contribution is 2.37. The normalized spacial score (nSPS) is 12.8. The van der Waals surface area contributed by atoms with E-state index in [1.807, 2.05) is 4.72 Å². The lowest BCUT2D eigenvalue weighted by molar-refractivity contribution is -0.144. The van der Waals surface area contributed by atoms with Crippen molar-refractivity contribution in [1.29, 1.82) is 0 Å². The fraction of sp³-hybridized carbons (Fsp3) is 0.686. The minimum Gasteiger partial charge on any atom is -0.480 e. The molecule has 0 radical (unpaired) electrons. The summed E-state index contributed by atoms with van der Waals surface area (Å²) < 4.78 is 79.8. The van der Waals surface area contributed by atoms with Crippen molar-refractivity contribution in [2.75, 3.05) is 102 Å². The van der Waals surface area contributed by atoms with Gasteiger partial charge in [-0.25, -0.2) is 18.0 Å². The van der Waals surface area contributed by atoms with Crippen molar-refractivity contribution in [3.63, 3.8) is 0 Å². The summed E-state index contributed by atoms with van der Waals surface area (Å²) in [5.74, 6) is -8.43. The molecule has 1 rings (SSSR count). The third-order valence-corrected chi connectivity index (χ3v) is 14.4. The Bertz CT molecular complexity index is 2520. The Hall–Kier alpha value is -6.23. The van der Waals surface area contributed by atoms with Crippen LogP contribution in [0.3, 0.4) is 0 Å². The Balaban J connectivity index is 2.22. The SMILES string of the molecule is CC(C)(CC(=O)NS(=O)(=O)CCCC(=O)NCCOCCOCC(=O)NC(CCC(=O)NC(CCC(=O)NCCOCCOCC(=O)N[C@@H](CCCCNC(=O)c1ccc(NCCS)cc1)C(N)=O)C(=O)O)C(=O)O)CC(C)(C)CS(=O)(=O)O. The zero-order valence-electron chi connectivity index (χ0n) is 48.0. The monoisotopic (exact) mass is 1260 g/mol. The average molecular weight is 1260 g/mol. The molecular formula is C51H85N9O21S3. The van der Waals surface area contributed by atoms with E-state index >= 15 is 0 Å². The maximum absolute atomic E-state index is 12.6. The van der Waals surface area contributed by atoms with E-state index in [0.717, 1.165) is 5.69 Å². The van der Waals surface area contributed by atoms with Crippen molar-refractivity contribution < 1.29 is 98.5 Å². The molecule has 33 heteroatoms.